The number of carbonyl (C=O) groups is 1. The Hall–Kier alpha value is -1.95. The molecule has 1 saturated heterocycles. The molecule has 26 heavy (non-hydrogen) atoms. The fourth-order valence-electron chi connectivity index (χ4n) is 3.00. The average Bonchev–Trinajstić information content (AvgIpc) is 2.64. The SMILES string of the molecule is CC(=O)c1cccc(NC(=S)N2CCN(Cc3ccccc3Cl)CC2)c1. The normalized spacial score (nSPS) is 14.9. The fourth-order valence-corrected chi connectivity index (χ4v) is 3.49. The number of Topliss-reactive ketones (excluding diaryl/α,β-unsaturated/α-hetero) is 1. The lowest BCUT2D eigenvalue weighted by Crippen LogP contribution is -2.49. The third kappa shape index (κ3) is 4.81. The van der Waals surface area contributed by atoms with Gasteiger partial charge in [0.1, 0.15) is 0 Å². The summed E-state index contributed by atoms with van der Waals surface area (Å²) in [5.74, 6) is 0.0488. The quantitative estimate of drug-likeness (QED) is 0.632. The Morgan fingerprint density at radius 3 is 2.54 bits per heavy atom. The van der Waals surface area contributed by atoms with Crippen LogP contribution in [0.2, 0.25) is 5.02 Å². The number of hydrogen-bond donors (Lipinski definition) is 1. The molecule has 6 heteroatoms. The van der Waals surface area contributed by atoms with Gasteiger partial charge in [0.05, 0.1) is 0 Å². The summed E-state index contributed by atoms with van der Waals surface area (Å²) >= 11 is 11.8. The topological polar surface area (TPSA) is 35.6 Å². The molecule has 2 aromatic rings. The van der Waals surface area contributed by atoms with Gasteiger partial charge >= 0.3 is 0 Å². The predicted molar refractivity (Wildman–Crippen MR) is 111 cm³/mol. The van der Waals surface area contributed by atoms with Crippen molar-refractivity contribution in [3.63, 3.8) is 0 Å². The lowest BCUT2D eigenvalue weighted by atomic mass is 10.1. The van der Waals surface area contributed by atoms with Crippen LogP contribution >= 0.6 is 23.8 Å². The van der Waals surface area contributed by atoms with E-state index in [1.165, 1.54) is 0 Å². The summed E-state index contributed by atoms with van der Waals surface area (Å²) < 4.78 is 0. The van der Waals surface area contributed by atoms with Gasteiger partial charge < -0.3 is 10.2 Å². The van der Waals surface area contributed by atoms with Crippen molar-refractivity contribution in [1.29, 1.82) is 0 Å². The van der Waals surface area contributed by atoms with Crippen LogP contribution in [0.3, 0.4) is 0 Å². The highest BCUT2D eigenvalue weighted by Gasteiger charge is 2.19. The number of hydrogen-bond acceptors (Lipinski definition) is 3. The number of benzene rings is 2. The van der Waals surface area contributed by atoms with Gasteiger partial charge in [0.25, 0.3) is 0 Å². The van der Waals surface area contributed by atoms with Gasteiger partial charge in [-0.3, -0.25) is 9.69 Å². The first-order valence-corrected chi connectivity index (χ1v) is 9.44. The van der Waals surface area contributed by atoms with Crippen LogP contribution in [-0.2, 0) is 6.54 Å². The van der Waals surface area contributed by atoms with E-state index in [9.17, 15) is 4.79 Å². The Bertz CT molecular complexity index is 803. The molecule has 0 bridgehead atoms. The highest BCUT2D eigenvalue weighted by Crippen LogP contribution is 2.18. The molecule has 0 spiro atoms. The zero-order chi connectivity index (χ0) is 18.5. The Kier molecular flexibility index (Phi) is 6.25. The molecule has 1 fully saturated rings. The first-order valence-electron chi connectivity index (χ1n) is 8.65. The number of nitrogens with zero attached hydrogens (tertiary/aromatic N) is 2. The summed E-state index contributed by atoms with van der Waals surface area (Å²) in [7, 11) is 0. The maximum atomic E-state index is 11.5. The van der Waals surface area contributed by atoms with Crippen LogP contribution in [-0.4, -0.2) is 46.9 Å². The van der Waals surface area contributed by atoms with Crippen molar-refractivity contribution in [3.05, 3.63) is 64.7 Å². The predicted octanol–water partition coefficient (Wildman–Crippen LogP) is 4.06. The van der Waals surface area contributed by atoms with Crippen molar-refractivity contribution >= 4 is 40.4 Å². The molecule has 2 aromatic carbocycles. The van der Waals surface area contributed by atoms with E-state index in [4.69, 9.17) is 23.8 Å². The molecule has 1 aliphatic heterocycles. The second kappa shape index (κ2) is 8.62. The smallest absolute Gasteiger partial charge is 0.173 e. The third-order valence-corrected chi connectivity index (χ3v) is 5.26. The second-order valence-corrected chi connectivity index (χ2v) is 7.22. The van der Waals surface area contributed by atoms with Crippen molar-refractivity contribution in [1.82, 2.24) is 9.80 Å². The fraction of sp³-hybridized carbons (Fsp3) is 0.300. The number of ketones is 1. The van der Waals surface area contributed by atoms with Gasteiger partial charge in [0.2, 0.25) is 0 Å². The van der Waals surface area contributed by atoms with Crippen LogP contribution in [0.15, 0.2) is 48.5 Å². The monoisotopic (exact) mass is 387 g/mol. The maximum Gasteiger partial charge on any atom is 0.173 e. The first-order chi connectivity index (χ1) is 12.5. The third-order valence-electron chi connectivity index (χ3n) is 4.53. The molecule has 1 heterocycles. The van der Waals surface area contributed by atoms with Crippen LogP contribution in [0.4, 0.5) is 5.69 Å². The van der Waals surface area contributed by atoms with E-state index in [2.05, 4.69) is 21.2 Å². The minimum atomic E-state index is 0.0488. The van der Waals surface area contributed by atoms with Crippen molar-refractivity contribution in [2.75, 3.05) is 31.5 Å². The molecule has 0 aromatic heterocycles. The van der Waals surface area contributed by atoms with E-state index in [0.717, 1.165) is 49.0 Å². The number of carbonyl (C=O) groups excluding carboxylic acids is 1. The number of piperazine rings is 1. The van der Waals surface area contributed by atoms with Gasteiger partial charge in [-0.1, -0.05) is 41.9 Å². The first kappa shape index (κ1) is 18.8. The summed E-state index contributed by atoms with van der Waals surface area (Å²) in [6.45, 7) is 6.01. The second-order valence-electron chi connectivity index (χ2n) is 6.42. The van der Waals surface area contributed by atoms with E-state index in [1.54, 1.807) is 6.92 Å². The van der Waals surface area contributed by atoms with Gasteiger partial charge in [-0.2, -0.15) is 0 Å². The molecule has 0 amide bonds. The maximum absolute atomic E-state index is 11.5. The number of rotatable bonds is 4. The lowest BCUT2D eigenvalue weighted by molar-refractivity contribution is 0.101. The Labute approximate surface area is 164 Å². The van der Waals surface area contributed by atoms with Gasteiger partial charge in [-0.15, -0.1) is 0 Å². The van der Waals surface area contributed by atoms with Crippen LogP contribution in [0.1, 0.15) is 22.8 Å². The van der Waals surface area contributed by atoms with Crippen LogP contribution in [0.25, 0.3) is 0 Å². The molecular formula is C20H22ClN3OS. The van der Waals surface area contributed by atoms with E-state index in [-0.39, 0.29) is 5.78 Å². The molecule has 4 nitrogen and oxygen atoms in total. The zero-order valence-corrected chi connectivity index (χ0v) is 16.3. The van der Waals surface area contributed by atoms with Crippen molar-refractivity contribution in [3.8, 4) is 0 Å². The van der Waals surface area contributed by atoms with Crippen LogP contribution in [0.5, 0.6) is 0 Å². The van der Waals surface area contributed by atoms with Gasteiger partial charge in [-0.25, -0.2) is 0 Å². The van der Waals surface area contributed by atoms with Gasteiger partial charge in [-0.05, 0) is 42.9 Å². The van der Waals surface area contributed by atoms with Crippen LogP contribution < -0.4 is 5.32 Å². The van der Waals surface area contributed by atoms with Gasteiger partial charge in [0, 0.05) is 49.0 Å². The molecular weight excluding hydrogens is 366 g/mol. The van der Waals surface area contributed by atoms with E-state index < -0.39 is 0 Å². The highest BCUT2D eigenvalue weighted by atomic mass is 35.5. The van der Waals surface area contributed by atoms with Crippen molar-refractivity contribution < 1.29 is 4.79 Å². The minimum Gasteiger partial charge on any atom is -0.346 e. The van der Waals surface area contributed by atoms with Crippen molar-refractivity contribution in [2.45, 2.75) is 13.5 Å². The van der Waals surface area contributed by atoms with E-state index >= 15 is 0 Å². The molecule has 1 N–H and O–H groups in total. The van der Waals surface area contributed by atoms with E-state index in [0.29, 0.717) is 10.7 Å². The largest absolute Gasteiger partial charge is 0.346 e. The standard InChI is InChI=1S/C20H22ClN3OS/c1-15(25)16-6-4-7-18(13-16)22-20(26)24-11-9-23(10-12-24)14-17-5-2-3-8-19(17)21/h2-8,13H,9-12,14H2,1H3,(H,22,26). The molecule has 0 aliphatic carbocycles. The summed E-state index contributed by atoms with van der Waals surface area (Å²) in [5.41, 5.74) is 2.69. The lowest BCUT2D eigenvalue weighted by Gasteiger charge is -2.36. The summed E-state index contributed by atoms with van der Waals surface area (Å²) in [6.07, 6.45) is 0. The molecule has 0 atom stereocenters. The van der Waals surface area contributed by atoms with E-state index in [1.807, 2.05) is 42.5 Å². The van der Waals surface area contributed by atoms with Gasteiger partial charge in [0.15, 0.2) is 10.9 Å². The molecule has 1 aliphatic rings. The summed E-state index contributed by atoms with van der Waals surface area (Å²) in [6, 6.07) is 15.4. The average molecular weight is 388 g/mol. The van der Waals surface area contributed by atoms with Crippen LogP contribution in [0, 0.1) is 0 Å². The highest BCUT2D eigenvalue weighted by molar-refractivity contribution is 7.80. The minimum absolute atomic E-state index is 0.0488. The molecule has 136 valence electrons. The molecule has 0 saturated carbocycles. The number of thiocarbonyl (C=S) groups is 1. The number of halogens is 1. The molecule has 0 unspecified atom stereocenters. The van der Waals surface area contributed by atoms with Crippen molar-refractivity contribution in [2.24, 2.45) is 0 Å². The molecule has 0 radical (unpaired) electrons. The Balaban J connectivity index is 1.53. The number of anilines is 1. The summed E-state index contributed by atoms with van der Waals surface area (Å²) in [4.78, 5) is 16.1. The Morgan fingerprint density at radius 2 is 1.85 bits per heavy atom. The Morgan fingerprint density at radius 1 is 1.12 bits per heavy atom. The zero-order valence-electron chi connectivity index (χ0n) is 14.7. The summed E-state index contributed by atoms with van der Waals surface area (Å²) in [5, 5.41) is 4.76. The number of nitrogens with one attached hydrogen (secondary N) is 1. The molecule has 3 rings (SSSR count).